The fourth-order valence-electron chi connectivity index (χ4n) is 1.35. The lowest BCUT2D eigenvalue weighted by molar-refractivity contribution is 0.0981. The lowest BCUT2D eigenvalue weighted by Crippen LogP contribution is -2.07. The van der Waals surface area contributed by atoms with E-state index in [-0.39, 0.29) is 18.0 Å². The second-order valence-corrected chi connectivity index (χ2v) is 6.17. The fraction of sp³-hybridized carbons (Fsp3) is 0.455. The van der Waals surface area contributed by atoms with Crippen molar-refractivity contribution in [1.29, 1.82) is 0 Å². The van der Waals surface area contributed by atoms with Crippen molar-refractivity contribution in [2.75, 3.05) is 12.0 Å². The van der Waals surface area contributed by atoms with E-state index in [1.54, 1.807) is 12.3 Å². The third kappa shape index (κ3) is 4.53. The van der Waals surface area contributed by atoms with Crippen molar-refractivity contribution in [3.63, 3.8) is 0 Å². The number of sulfone groups is 1. The molecule has 0 fully saturated rings. The van der Waals surface area contributed by atoms with Gasteiger partial charge >= 0.3 is 0 Å². The van der Waals surface area contributed by atoms with Gasteiger partial charge in [-0.3, -0.25) is 9.78 Å². The Morgan fingerprint density at radius 1 is 1.38 bits per heavy atom. The first-order valence-electron chi connectivity index (χ1n) is 5.01. The van der Waals surface area contributed by atoms with Crippen LogP contribution in [-0.2, 0) is 9.84 Å². The van der Waals surface area contributed by atoms with Crippen molar-refractivity contribution < 1.29 is 13.2 Å². The van der Waals surface area contributed by atoms with E-state index in [4.69, 9.17) is 0 Å². The summed E-state index contributed by atoms with van der Waals surface area (Å²) in [5, 5.41) is 0. The maximum Gasteiger partial charge on any atom is 0.164 e. The summed E-state index contributed by atoms with van der Waals surface area (Å²) in [5.41, 5.74) is 1.47. The summed E-state index contributed by atoms with van der Waals surface area (Å²) in [7, 11) is -2.98. The van der Waals surface area contributed by atoms with E-state index in [2.05, 4.69) is 4.98 Å². The number of carbonyl (C=O) groups excluding carboxylic acids is 1. The van der Waals surface area contributed by atoms with E-state index < -0.39 is 9.84 Å². The second kappa shape index (κ2) is 5.21. The van der Waals surface area contributed by atoms with Gasteiger partial charge in [-0.05, 0) is 25.0 Å². The number of hydrogen-bond acceptors (Lipinski definition) is 4. The van der Waals surface area contributed by atoms with Crippen LogP contribution in [-0.4, -0.2) is 31.2 Å². The van der Waals surface area contributed by atoms with Gasteiger partial charge < -0.3 is 0 Å². The Bertz CT molecular complexity index is 480. The van der Waals surface area contributed by atoms with E-state index in [9.17, 15) is 13.2 Å². The standard InChI is InChI=1S/C11H15NO3S/c1-9-6-10(8-12-7-9)11(13)4-3-5-16(2,14)15/h6-8H,3-5H2,1-2H3. The number of ketones is 1. The van der Waals surface area contributed by atoms with Crippen LogP contribution in [0.25, 0.3) is 0 Å². The first kappa shape index (κ1) is 12.8. The summed E-state index contributed by atoms with van der Waals surface area (Å²) < 4.78 is 21.8. The maximum atomic E-state index is 11.6. The molecule has 0 radical (unpaired) electrons. The first-order valence-corrected chi connectivity index (χ1v) is 7.07. The molecule has 1 aromatic heterocycles. The summed E-state index contributed by atoms with van der Waals surface area (Å²) in [5.74, 6) is -0.00214. The zero-order valence-electron chi connectivity index (χ0n) is 9.43. The molecule has 16 heavy (non-hydrogen) atoms. The molecule has 0 aliphatic heterocycles. The average Bonchev–Trinajstić information content (AvgIpc) is 2.15. The zero-order chi connectivity index (χ0) is 12.2. The van der Waals surface area contributed by atoms with Crippen LogP contribution in [0, 0.1) is 6.92 Å². The highest BCUT2D eigenvalue weighted by atomic mass is 32.2. The number of nitrogens with zero attached hydrogens (tertiary/aromatic N) is 1. The summed E-state index contributed by atoms with van der Waals surface area (Å²) >= 11 is 0. The molecule has 4 nitrogen and oxygen atoms in total. The van der Waals surface area contributed by atoms with Crippen LogP contribution >= 0.6 is 0 Å². The Labute approximate surface area is 95.6 Å². The first-order chi connectivity index (χ1) is 7.38. The number of carbonyl (C=O) groups is 1. The SMILES string of the molecule is Cc1cncc(C(=O)CCCS(C)(=O)=O)c1. The zero-order valence-corrected chi connectivity index (χ0v) is 10.3. The molecule has 1 heterocycles. The Morgan fingerprint density at radius 2 is 2.06 bits per heavy atom. The van der Waals surface area contributed by atoms with Crippen LogP contribution < -0.4 is 0 Å². The molecule has 0 bridgehead atoms. The van der Waals surface area contributed by atoms with Gasteiger partial charge in [0.05, 0.1) is 5.75 Å². The summed E-state index contributed by atoms with van der Waals surface area (Å²) in [6.45, 7) is 1.86. The summed E-state index contributed by atoms with van der Waals surface area (Å²) in [6.07, 6.45) is 4.97. The largest absolute Gasteiger partial charge is 0.294 e. The van der Waals surface area contributed by atoms with Crippen LogP contribution in [0.3, 0.4) is 0 Å². The predicted octanol–water partition coefficient (Wildman–Crippen LogP) is 1.40. The summed E-state index contributed by atoms with van der Waals surface area (Å²) in [4.78, 5) is 15.6. The number of hydrogen-bond donors (Lipinski definition) is 0. The van der Waals surface area contributed by atoms with E-state index in [1.807, 2.05) is 6.92 Å². The molecule has 0 saturated heterocycles. The van der Waals surface area contributed by atoms with Gasteiger partial charge in [0.15, 0.2) is 5.78 Å². The second-order valence-electron chi connectivity index (χ2n) is 3.91. The minimum atomic E-state index is -2.98. The minimum Gasteiger partial charge on any atom is -0.294 e. The molecule has 88 valence electrons. The fourth-order valence-corrected chi connectivity index (χ4v) is 2.02. The molecule has 0 unspecified atom stereocenters. The van der Waals surface area contributed by atoms with Gasteiger partial charge in [0.25, 0.3) is 0 Å². The van der Waals surface area contributed by atoms with Gasteiger partial charge in [-0.1, -0.05) is 0 Å². The molecule has 1 aromatic rings. The van der Waals surface area contributed by atoms with Crippen LogP contribution in [0.5, 0.6) is 0 Å². The molecular formula is C11H15NO3S. The van der Waals surface area contributed by atoms with Gasteiger partial charge in [0.1, 0.15) is 9.84 Å². The van der Waals surface area contributed by atoms with Crippen molar-refractivity contribution in [2.24, 2.45) is 0 Å². The normalized spacial score (nSPS) is 11.4. The van der Waals surface area contributed by atoms with E-state index in [0.717, 1.165) is 5.56 Å². The van der Waals surface area contributed by atoms with E-state index in [0.29, 0.717) is 12.0 Å². The lowest BCUT2D eigenvalue weighted by atomic mass is 10.1. The summed E-state index contributed by atoms with van der Waals surface area (Å²) in [6, 6.07) is 1.76. The Kier molecular flexibility index (Phi) is 4.18. The van der Waals surface area contributed by atoms with Gasteiger partial charge in [-0.25, -0.2) is 8.42 Å². The smallest absolute Gasteiger partial charge is 0.164 e. The predicted molar refractivity (Wildman–Crippen MR) is 62.2 cm³/mol. The van der Waals surface area contributed by atoms with E-state index in [1.165, 1.54) is 12.5 Å². The molecule has 0 N–H and O–H groups in total. The quantitative estimate of drug-likeness (QED) is 0.731. The van der Waals surface area contributed by atoms with Gasteiger partial charge in [-0.2, -0.15) is 0 Å². The monoisotopic (exact) mass is 241 g/mol. The number of aromatic nitrogens is 1. The van der Waals surface area contributed by atoms with Gasteiger partial charge in [-0.15, -0.1) is 0 Å². The van der Waals surface area contributed by atoms with Crippen LogP contribution in [0.15, 0.2) is 18.5 Å². The highest BCUT2D eigenvalue weighted by Crippen LogP contribution is 2.07. The molecule has 5 heteroatoms. The number of pyridine rings is 1. The van der Waals surface area contributed by atoms with Gasteiger partial charge in [0, 0.05) is 30.6 Å². The third-order valence-electron chi connectivity index (χ3n) is 2.12. The molecule has 0 amide bonds. The molecule has 1 rings (SSSR count). The topological polar surface area (TPSA) is 64.1 Å². The average molecular weight is 241 g/mol. The lowest BCUT2D eigenvalue weighted by Gasteiger charge is -2.01. The minimum absolute atomic E-state index is 0.0536. The molecule has 0 atom stereocenters. The highest BCUT2D eigenvalue weighted by molar-refractivity contribution is 7.90. The number of Topliss-reactive ketones (excluding diaryl/α,β-unsaturated/α-hetero) is 1. The van der Waals surface area contributed by atoms with Crippen molar-refractivity contribution in [3.8, 4) is 0 Å². The molecule has 0 spiro atoms. The van der Waals surface area contributed by atoms with Crippen molar-refractivity contribution in [1.82, 2.24) is 4.98 Å². The van der Waals surface area contributed by atoms with E-state index >= 15 is 0 Å². The molecular weight excluding hydrogens is 226 g/mol. The molecule has 0 saturated carbocycles. The highest BCUT2D eigenvalue weighted by Gasteiger charge is 2.08. The Hall–Kier alpha value is -1.23. The van der Waals surface area contributed by atoms with Crippen LogP contribution in [0.1, 0.15) is 28.8 Å². The molecule has 0 aliphatic carbocycles. The number of rotatable bonds is 5. The van der Waals surface area contributed by atoms with Crippen molar-refractivity contribution >= 4 is 15.6 Å². The number of aryl methyl sites for hydroxylation is 1. The van der Waals surface area contributed by atoms with Gasteiger partial charge in [0.2, 0.25) is 0 Å². The van der Waals surface area contributed by atoms with Crippen molar-refractivity contribution in [3.05, 3.63) is 29.6 Å². The Morgan fingerprint density at radius 3 is 2.62 bits per heavy atom. The third-order valence-corrected chi connectivity index (χ3v) is 3.15. The van der Waals surface area contributed by atoms with Crippen molar-refractivity contribution in [2.45, 2.75) is 19.8 Å². The molecule has 0 aliphatic rings. The van der Waals surface area contributed by atoms with Crippen LogP contribution in [0.4, 0.5) is 0 Å². The maximum absolute atomic E-state index is 11.6. The molecule has 0 aromatic carbocycles. The van der Waals surface area contributed by atoms with Crippen LogP contribution in [0.2, 0.25) is 0 Å². The Balaban J connectivity index is 2.54.